The summed E-state index contributed by atoms with van der Waals surface area (Å²) in [5.74, 6) is -0.170. The molecule has 1 aliphatic heterocycles. The molecule has 8 heteroatoms. The quantitative estimate of drug-likeness (QED) is 0.751. The van der Waals surface area contributed by atoms with E-state index in [1.165, 1.54) is 23.9 Å². The normalized spacial score (nSPS) is 14.8. The molecule has 0 spiro atoms. The van der Waals surface area contributed by atoms with E-state index in [0.717, 1.165) is 16.0 Å². The summed E-state index contributed by atoms with van der Waals surface area (Å²) in [4.78, 5) is 15.5. The molecule has 0 radical (unpaired) electrons. The van der Waals surface area contributed by atoms with E-state index in [1.807, 2.05) is 32.2 Å². The third-order valence-corrected chi connectivity index (χ3v) is 6.81. The van der Waals surface area contributed by atoms with Crippen molar-refractivity contribution in [1.82, 2.24) is 4.90 Å². The predicted molar refractivity (Wildman–Crippen MR) is 112 cm³/mol. The van der Waals surface area contributed by atoms with Crippen LogP contribution in [0.2, 0.25) is 0 Å². The minimum Gasteiger partial charge on any atom is -0.378 e. The molecule has 0 bridgehead atoms. The summed E-state index contributed by atoms with van der Waals surface area (Å²) in [6, 6.07) is 10.3. The van der Waals surface area contributed by atoms with Crippen molar-refractivity contribution in [1.29, 1.82) is 0 Å². The summed E-state index contributed by atoms with van der Waals surface area (Å²) in [7, 11) is -3.82. The maximum absolute atomic E-state index is 13.0. The Morgan fingerprint density at radius 2 is 1.82 bits per heavy atom. The van der Waals surface area contributed by atoms with E-state index < -0.39 is 10.0 Å². The lowest BCUT2D eigenvalue weighted by molar-refractivity contribution is 0.0300. The third-order valence-electron chi connectivity index (χ3n) is 4.65. The van der Waals surface area contributed by atoms with Crippen molar-refractivity contribution in [3.63, 3.8) is 0 Å². The Hall–Kier alpha value is -2.03. The average molecular weight is 421 g/mol. The number of hydrogen-bond acceptors (Lipinski definition) is 5. The first-order valence-electron chi connectivity index (χ1n) is 8.97. The number of morpholine rings is 1. The van der Waals surface area contributed by atoms with Crippen molar-refractivity contribution in [3.05, 3.63) is 53.1 Å². The average Bonchev–Trinajstić information content (AvgIpc) is 2.70. The van der Waals surface area contributed by atoms with Gasteiger partial charge >= 0.3 is 0 Å². The largest absolute Gasteiger partial charge is 0.378 e. The van der Waals surface area contributed by atoms with Gasteiger partial charge in [0.1, 0.15) is 0 Å². The highest BCUT2D eigenvalue weighted by Crippen LogP contribution is 2.27. The van der Waals surface area contributed by atoms with Crippen molar-refractivity contribution in [2.75, 3.05) is 37.3 Å². The van der Waals surface area contributed by atoms with E-state index in [9.17, 15) is 13.2 Å². The number of aryl methyl sites for hydroxylation is 2. The third kappa shape index (κ3) is 4.51. The molecule has 2 aromatic rings. The molecule has 0 aliphatic carbocycles. The molecule has 1 saturated heterocycles. The van der Waals surface area contributed by atoms with Crippen molar-refractivity contribution in [2.45, 2.75) is 23.6 Å². The smallest absolute Gasteiger partial charge is 0.261 e. The zero-order chi connectivity index (χ0) is 20.3. The number of carbonyl (C=O) groups excluding carboxylic acids is 1. The number of hydrogen-bond donors (Lipinski definition) is 1. The monoisotopic (exact) mass is 420 g/mol. The summed E-state index contributed by atoms with van der Waals surface area (Å²) in [6.45, 7) is 5.75. The van der Waals surface area contributed by atoms with E-state index in [2.05, 4.69) is 4.72 Å². The van der Waals surface area contributed by atoms with Gasteiger partial charge in [-0.15, -0.1) is 11.8 Å². The highest BCUT2D eigenvalue weighted by molar-refractivity contribution is 7.98. The number of sulfonamides is 1. The van der Waals surface area contributed by atoms with Gasteiger partial charge in [0.05, 0.1) is 29.4 Å². The predicted octanol–water partition coefficient (Wildman–Crippen LogP) is 3.30. The molecule has 1 heterocycles. The molecular formula is C20H24N2O4S2. The van der Waals surface area contributed by atoms with E-state index >= 15 is 0 Å². The van der Waals surface area contributed by atoms with E-state index in [0.29, 0.717) is 37.6 Å². The summed E-state index contributed by atoms with van der Waals surface area (Å²) >= 11 is 1.42. The molecule has 2 aromatic carbocycles. The Bertz CT molecular complexity index is 984. The van der Waals surface area contributed by atoms with Gasteiger partial charge in [-0.05, 0) is 55.5 Å². The van der Waals surface area contributed by atoms with Gasteiger partial charge in [0.15, 0.2) is 0 Å². The number of ether oxygens (including phenoxy) is 1. The second-order valence-electron chi connectivity index (χ2n) is 6.69. The fourth-order valence-corrected chi connectivity index (χ4v) is 4.73. The van der Waals surface area contributed by atoms with Crippen LogP contribution in [0, 0.1) is 13.8 Å². The Kier molecular flexibility index (Phi) is 6.32. The van der Waals surface area contributed by atoms with Crippen LogP contribution in [0.15, 0.2) is 46.2 Å². The molecule has 0 atom stereocenters. The molecule has 1 N–H and O–H groups in total. The maximum Gasteiger partial charge on any atom is 0.261 e. The van der Waals surface area contributed by atoms with Crippen molar-refractivity contribution in [2.24, 2.45) is 0 Å². The summed E-state index contributed by atoms with van der Waals surface area (Å²) < 4.78 is 33.9. The summed E-state index contributed by atoms with van der Waals surface area (Å²) in [6.07, 6.45) is 1.87. The Morgan fingerprint density at radius 1 is 1.11 bits per heavy atom. The maximum atomic E-state index is 13.0. The highest BCUT2D eigenvalue weighted by atomic mass is 32.2. The molecule has 1 aliphatic rings. The molecule has 150 valence electrons. The van der Waals surface area contributed by atoms with Gasteiger partial charge < -0.3 is 9.64 Å². The fourth-order valence-electron chi connectivity index (χ4n) is 3.01. The first-order valence-corrected chi connectivity index (χ1v) is 11.7. The number of nitrogens with one attached hydrogen (secondary N) is 1. The number of amides is 1. The van der Waals surface area contributed by atoms with Crippen LogP contribution < -0.4 is 4.72 Å². The highest BCUT2D eigenvalue weighted by Gasteiger charge is 2.24. The van der Waals surface area contributed by atoms with Crippen LogP contribution in [0.3, 0.4) is 0 Å². The second kappa shape index (κ2) is 8.55. The Balaban J connectivity index is 1.95. The lowest BCUT2D eigenvalue weighted by atomic mass is 10.1. The Labute approximate surface area is 170 Å². The topological polar surface area (TPSA) is 75.7 Å². The molecule has 1 amide bonds. The summed E-state index contributed by atoms with van der Waals surface area (Å²) in [5, 5.41) is 0. The van der Waals surface area contributed by atoms with Gasteiger partial charge in [-0.1, -0.05) is 12.1 Å². The minimum atomic E-state index is -3.82. The van der Waals surface area contributed by atoms with Crippen molar-refractivity contribution in [3.8, 4) is 0 Å². The van der Waals surface area contributed by atoms with Crippen LogP contribution >= 0.6 is 11.8 Å². The molecule has 1 fully saturated rings. The van der Waals surface area contributed by atoms with E-state index in [1.54, 1.807) is 17.0 Å². The molecule has 3 rings (SSSR count). The molecule has 6 nitrogen and oxygen atoms in total. The first-order chi connectivity index (χ1) is 13.3. The SMILES string of the molecule is CSc1ccc(S(=O)(=O)Nc2cc(C)ccc2C)cc1C(=O)N1CCOCC1. The number of carbonyl (C=O) groups is 1. The Morgan fingerprint density at radius 3 is 2.50 bits per heavy atom. The lowest BCUT2D eigenvalue weighted by Crippen LogP contribution is -2.41. The number of nitrogens with zero attached hydrogens (tertiary/aromatic N) is 1. The zero-order valence-corrected chi connectivity index (χ0v) is 17.8. The van der Waals surface area contributed by atoms with Gasteiger partial charge in [0.2, 0.25) is 0 Å². The van der Waals surface area contributed by atoms with Crippen LogP contribution in [-0.4, -0.2) is 51.8 Å². The van der Waals surface area contributed by atoms with Gasteiger partial charge in [-0.2, -0.15) is 0 Å². The van der Waals surface area contributed by atoms with Gasteiger partial charge in [0, 0.05) is 18.0 Å². The zero-order valence-electron chi connectivity index (χ0n) is 16.2. The van der Waals surface area contributed by atoms with Crippen LogP contribution in [0.25, 0.3) is 0 Å². The first kappa shape index (κ1) is 20.7. The van der Waals surface area contributed by atoms with Crippen LogP contribution in [-0.2, 0) is 14.8 Å². The van der Waals surface area contributed by atoms with E-state index in [-0.39, 0.29) is 10.8 Å². The second-order valence-corrected chi connectivity index (χ2v) is 9.22. The summed E-state index contributed by atoms with van der Waals surface area (Å²) in [5.41, 5.74) is 2.73. The van der Waals surface area contributed by atoms with Crippen molar-refractivity contribution < 1.29 is 17.9 Å². The standard InChI is InChI=1S/C20H24N2O4S2/c1-14-4-5-15(2)18(12-14)21-28(24,25)16-6-7-19(27-3)17(13-16)20(23)22-8-10-26-11-9-22/h4-7,12-13,21H,8-11H2,1-3H3. The molecule has 0 saturated carbocycles. The fraction of sp³-hybridized carbons (Fsp3) is 0.350. The lowest BCUT2D eigenvalue weighted by Gasteiger charge is -2.27. The number of benzene rings is 2. The number of rotatable bonds is 5. The van der Waals surface area contributed by atoms with Crippen LogP contribution in [0.1, 0.15) is 21.5 Å². The van der Waals surface area contributed by atoms with Gasteiger partial charge in [-0.25, -0.2) is 8.42 Å². The molecular weight excluding hydrogens is 396 g/mol. The van der Waals surface area contributed by atoms with Crippen LogP contribution in [0.4, 0.5) is 5.69 Å². The van der Waals surface area contributed by atoms with Crippen LogP contribution in [0.5, 0.6) is 0 Å². The minimum absolute atomic E-state index is 0.0721. The van der Waals surface area contributed by atoms with Gasteiger partial charge in [0.25, 0.3) is 15.9 Å². The number of anilines is 1. The molecule has 0 unspecified atom stereocenters. The number of thioether (sulfide) groups is 1. The van der Waals surface area contributed by atoms with Gasteiger partial charge in [-0.3, -0.25) is 9.52 Å². The van der Waals surface area contributed by atoms with Crippen molar-refractivity contribution >= 4 is 33.4 Å². The van der Waals surface area contributed by atoms with E-state index in [4.69, 9.17) is 4.74 Å². The molecule has 28 heavy (non-hydrogen) atoms. The molecule has 0 aromatic heterocycles.